The Morgan fingerprint density at radius 1 is 0.703 bits per heavy atom. The molecule has 0 aliphatic carbocycles. The van der Waals surface area contributed by atoms with Crippen LogP contribution in [0, 0.1) is 0 Å². The first-order chi connectivity index (χ1) is 17.4. The maximum absolute atomic E-state index is 11.6. The SMILES string of the molecule is CC(=O)N[C@@H]1[C@@H](O)[C@H](O[C@@H]2O[C@H](CO)[C@H](O)[C@H](O)[C@H]2O)[C@@H](CO[C@@H]2O[C@H](CO)[C@@H](O)[C@H](O)[C@H]2O)O[C@H]1O. The van der Waals surface area contributed by atoms with Crippen LogP contribution in [0.25, 0.3) is 0 Å². The summed E-state index contributed by atoms with van der Waals surface area (Å²) < 4.78 is 27.0. The molecule has 1 amide bonds. The van der Waals surface area contributed by atoms with Crippen LogP contribution in [-0.2, 0) is 28.5 Å². The summed E-state index contributed by atoms with van der Waals surface area (Å²) >= 11 is 0. The molecule has 11 N–H and O–H groups in total. The summed E-state index contributed by atoms with van der Waals surface area (Å²) in [6.45, 7) is -0.984. The fourth-order valence-electron chi connectivity index (χ4n) is 4.36. The molecule has 3 rings (SSSR count). The van der Waals surface area contributed by atoms with Crippen molar-refractivity contribution < 1.29 is 79.5 Å². The Hall–Kier alpha value is -1.13. The Morgan fingerprint density at radius 3 is 1.73 bits per heavy atom. The first kappa shape index (κ1) is 30.4. The van der Waals surface area contributed by atoms with Gasteiger partial charge in [0.25, 0.3) is 0 Å². The minimum atomic E-state index is -1.86. The normalized spacial score (nSPS) is 49.0. The summed E-state index contributed by atoms with van der Waals surface area (Å²) in [4.78, 5) is 11.6. The molecule has 0 aromatic rings. The third kappa shape index (κ3) is 6.55. The topological polar surface area (TPSA) is 278 Å². The lowest BCUT2D eigenvalue weighted by molar-refractivity contribution is -0.353. The van der Waals surface area contributed by atoms with Crippen molar-refractivity contribution in [1.82, 2.24) is 5.32 Å². The van der Waals surface area contributed by atoms with Crippen molar-refractivity contribution in [1.29, 1.82) is 0 Å². The van der Waals surface area contributed by atoms with Gasteiger partial charge in [0.2, 0.25) is 5.91 Å². The molecule has 3 heterocycles. The average Bonchev–Trinajstić information content (AvgIpc) is 2.86. The van der Waals surface area contributed by atoms with Crippen molar-refractivity contribution in [2.24, 2.45) is 0 Å². The quantitative estimate of drug-likeness (QED) is 0.135. The highest BCUT2D eigenvalue weighted by molar-refractivity contribution is 5.73. The van der Waals surface area contributed by atoms with Gasteiger partial charge in [0.05, 0.1) is 19.8 Å². The van der Waals surface area contributed by atoms with Crippen LogP contribution >= 0.6 is 0 Å². The molecule has 0 bridgehead atoms. The predicted octanol–water partition coefficient (Wildman–Crippen LogP) is -7.43. The van der Waals surface area contributed by atoms with Crippen LogP contribution in [-0.4, -0.2) is 169 Å². The standard InChI is InChI=1S/C20H35NO16/c1-5(24)21-9-12(27)17(37-20-16(31)14(29)11(26)7(3-23)36-20)8(34-18(9)32)4-33-19-15(30)13(28)10(25)6(2-22)35-19/h6-20,22-23,25-32H,2-4H2,1H3,(H,21,24)/t6-,7-,8-,9-,10-,11+,12-,13+,14+,15-,16-,17-,18-,19-,20+/m1/s1. The number of amides is 1. The molecule has 216 valence electrons. The molecule has 37 heavy (non-hydrogen) atoms. The van der Waals surface area contributed by atoms with Gasteiger partial charge in [-0.3, -0.25) is 4.79 Å². The second kappa shape index (κ2) is 12.8. The van der Waals surface area contributed by atoms with Gasteiger partial charge in [-0.05, 0) is 0 Å². The summed E-state index contributed by atoms with van der Waals surface area (Å²) in [5, 5.41) is 103. The zero-order valence-electron chi connectivity index (χ0n) is 19.7. The first-order valence-electron chi connectivity index (χ1n) is 11.6. The number of nitrogens with one attached hydrogen (secondary N) is 1. The molecule has 0 aromatic heterocycles. The van der Waals surface area contributed by atoms with Gasteiger partial charge in [-0.1, -0.05) is 0 Å². The van der Waals surface area contributed by atoms with E-state index in [1.807, 2.05) is 0 Å². The number of hydrogen-bond donors (Lipinski definition) is 11. The highest BCUT2D eigenvalue weighted by Crippen LogP contribution is 2.30. The van der Waals surface area contributed by atoms with Crippen molar-refractivity contribution in [2.45, 2.75) is 99.0 Å². The smallest absolute Gasteiger partial charge is 0.217 e. The van der Waals surface area contributed by atoms with Crippen LogP contribution in [0.1, 0.15) is 6.92 Å². The number of aliphatic hydroxyl groups excluding tert-OH is 10. The van der Waals surface area contributed by atoms with E-state index in [1.165, 1.54) is 0 Å². The monoisotopic (exact) mass is 545 g/mol. The lowest BCUT2D eigenvalue weighted by atomic mass is 9.95. The second-order valence-electron chi connectivity index (χ2n) is 9.11. The van der Waals surface area contributed by atoms with Crippen LogP contribution in [0.2, 0.25) is 0 Å². The number of carbonyl (C=O) groups is 1. The van der Waals surface area contributed by atoms with E-state index in [0.29, 0.717) is 0 Å². The van der Waals surface area contributed by atoms with Gasteiger partial charge in [0, 0.05) is 6.92 Å². The summed E-state index contributed by atoms with van der Waals surface area (Å²) in [6, 6.07) is -1.43. The molecule has 15 atom stereocenters. The Labute approximate surface area is 210 Å². The van der Waals surface area contributed by atoms with Crippen molar-refractivity contribution in [2.75, 3.05) is 19.8 Å². The molecule has 0 aromatic carbocycles. The minimum Gasteiger partial charge on any atom is -0.394 e. The molecule has 3 fully saturated rings. The largest absolute Gasteiger partial charge is 0.394 e. The molecule has 0 saturated carbocycles. The zero-order valence-corrected chi connectivity index (χ0v) is 19.7. The van der Waals surface area contributed by atoms with E-state index < -0.39 is 118 Å². The zero-order chi connectivity index (χ0) is 27.6. The third-order valence-corrected chi connectivity index (χ3v) is 6.48. The van der Waals surface area contributed by atoms with E-state index in [-0.39, 0.29) is 0 Å². The minimum absolute atomic E-state index is 0.619. The molecule has 0 radical (unpaired) electrons. The highest BCUT2D eigenvalue weighted by atomic mass is 16.7. The van der Waals surface area contributed by atoms with Crippen molar-refractivity contribution in [3.05, 3.63) is 0 Å². The van der Waals surface area contributed by atoms with Gasteiger partial charge in [-0.25, -0.2) is 0 Å². The Balaban J connectivity index is 1.78. The molecule has 17 nitrogen and oxygen atoms in total. The molecule has 17 heteroatoms. The average molecular weight is 545 g/mol. The summed E-state index contributed by atoms with van der Waals surface area (Å²) in [5.41, 5.74) is 0. The van der Waals surface area contributed by atoms with Gasteiger partial charge in [0.15, 0.2) is 18.9 Å². The molecule has 0 spiro atoms. The lowest BCUT2D eigenvalue weighted by Crippen LogP contribution is -2.67. The Morgan fingerprint density at radius 2 is 1.22 bits per heavy atom. The van der Waals surface area contributed by atoms with E-state index in [0.717, 1.165) is 6.92 Å². The summed E-state index contributed by atoms with van der Waals surface area (Å²) in [6.07, 6.45) is -23.0. The van der Waals surface area contributed by atoms with E-state index in [2.05, 4.69) is 5.32 Å². The van der Waals surface area contributed by atoms with E-state index >= 15 is 0 Å². The fourth-order valence-corrected chi connectivity index (χ4v) is 4.36. The lowest BCUT2D eigenvalue weighted by Gasteiger charge is -2.47. The molecule has 3 aliphatic rings. The highest BCUT2D eigenvalue weighted by Gasteiger charge is 2.52. The van der Waals surface area contributed by atoms with Crippen LogP contribution in [0.5, 0.6) is 0 Å². The molecule has 3 saturated heterocycles. The van der Waals surface area contributed by atoms with Crippen molar-refractivity contribution in [3.63, 3.8) is 0 Å². The van der Waals surface area contributed by atoms with Crippen molar-refractivity contribution >= 4 is 5.91 Å². The fraction of sp³-hybridized carbons (Fsp3) is 0.950. The third-order valence-electron chi connectivity index (χ3n) is 6.48. The van der Waals surface area contributed by atoms with Gasteiger partial charge < -0.3 is 80.1 Å². The van der Waals surface area contributed by atoms with Crippen molar-refractivity contribution in [3.8, 4) is 0 Å². The second-order valence-corrected chi connectivity index (χ2v) is 9.11. The van der Waals surface area contributed by atoms with Crippen LogP contribution < -0.4 is 5.32 Å². The summed E-state index contributed by atoms with van der Waals surface area (Å²) in [5.74, 6) is -0.644. The Kier molecular flexibility index (Phi) is 10.5. The number of carbonyl (C=O) groups excluding carboxylic acids is 1. The van der Waals surface area contributed by atoms with E-state index in [1.54, 1.807) is 0 Å². The van der Waals surface area contributed by atoms with Crippen LogP contribution in [0.3, 0.4) is 0 Å². The van der Waals surface area contributed by atoms with E-state index in [4.69, 9.17) is 23.7 Å². The van der Waals surface area contributed by atoms with E-state index in [9.17, 15) is 55.9 Å². The van der Waals surface area contributed by atoms with Gasteiger partial charge in [0.1, 0.15) is 73.2 Å². The molecule has 0 unspecified atom stereocenters. The van der Waals surface area contributed by atoms with Gasteiger partial charge >= 0.3 is 0 Å². The van der Waals surface area contributed by atoms with Crippen LogP contribution in [0.15, 0.2) is 0 Å². The first-order valence-corrected chi connectivity index (χ1v) is 11.6. The Bertz CT molecular complexity index is 743. The number of rotatable bonds is 8. The van der Waals surface area contributed by atoms with Gasteiger partial charge in [-0.15, -0.1) is 0 Å². The maximum atomic E-state index is 11.6. The predicted molar refractivity (Wildman–Crippen MR) is 113 cm³/mol. The molecule has 3 aliphatic heterocycles. The van der Waals surface area contributed by atoms with Gasteiger partial charge in [-0.2, -0.15) is 0 Å². The summed E-state index contributed by atoms with van der Waals surface area (Å²) in [7, 11) is 0. The molecular formula is C20H35NO16. The number of ether oxygens (including phenoxy) is 5. The maximum Gasteiger partial charge on any atom is 0.217 e. The number of hydrogen-bond acceptors (Lipinski definition) is 16. The van der Waals surface area contributed by atoms with Crippen LogP contribution in [0.4, 0.5) is 0 Å². The molecular weight excluding hydrogens is 510 g/mol. The number of aliphatic hydroxyl groups is 10.